The first kappa shape index (κ1) is 9.70. The van der Waals surface area contributed by atoms with Gasteiger partial charge >= 0.3 is 5.97 Å². The fourth-order valence-electron chi connectivity index (χ4n) is 0.976. The molecule has 0 saturated heterocycles. The molecule has 0 unspecified atom stereocenters. The molecule has 5 heteroatoms. The number of hydrogen-bond acceptors (Lipinski definition) is 4. The predicted molar refractivity (Wildman–Crippen MR) is 46.4 cm³/mol. The number of nitrogens with zero attached hydrogens (tertiary/aromatic N) is 3. The molecule has 0 aliphatic carbocycles. The standard InChI is InChI=1S/C8H13N3O2/c1-4-13-8(12)7-5-9-10-11(7)6(2)3/h5-6H,4H2,1-3H3. The van der Waals surface area contributed by atoms with Crippen LogP contribution in [0.3, 0.4) is 0 Å². The summed E-state index contributed by atoms with van der Waals surface area (Å²) in [7, 11) is 0. The maximum Gasteiger partial charge on any atom is 0.358 e. The number of carbonyl (C=O) groups excluding carboxylic acids is 1. The Balaban J connectivity index is 2.87. The molecule has 0 spiro atoms. The molecule has 72 valence electrons. The molecule has 5 nitrogen and oxygen atoms in total. The Morgan fingerprint density at radius 2 is 2.38 bits per heavy atom. The highest BCUT2D eigenvalue weighted by Crippen LogP contribution is 2.07. The highest BCUT2D eigenvalue weighted by atomic mass is 16.5. The van der Waals surface area contributed by atoms with E-state index >= 15 is 0 Å². The third-order valence-corrected chi connectivity index (χ3v) is 1.55. The van der Waals surface area contributed by atoms with Gasteiger partial charge in [0.15, 0.2) is 5.69 Å². The summed E-state index contributed by atoms with van der Waals surface area (Å²) < 4.78 is 6.38. The van der Waals surface area contributed by atoms with Gasteiger partial charge in [0.05, 0.1) is 12.8 Å². The highest BCUT2D eigenvalue weighted by Gasteiger charge is 2.15. The molecule has 0 bridgehead atoms. The summed E-state index contributed by atoms with van der Waals surface area (Å²) in [6.45, 7) is 5.98. The van der Waals surface area contributed by atoms with Crippen LogP contribution in [-0.2, 0) is 4.74 Å². The van der Waals surface area contributed by atoms with Crippen LogP contribution < -0.4 is 0 Å². The number of esters is 1. The van der Waals surface area contributed by atoms with Gasteiger partial charge in [-0.3, -0.25) is 0 Å². The normalized spacial score (nSPS) is 10.5. The Labute approximate surface area is 76.7 Å². The zero-order chi connectivity index (χ0) is 9.84. The lowest BCUT2D eigenvalue weighted by Gasteiger charge is -2.07. The van der Waals surface area contributed by atoms with Crippen molar-refractivity contribution in [2.24, 2.45) is 0 Å². The average molecular weight is 183 g/mol. The van der Waals surface area contributed by atoms with Crippen LogP contribution in [0.5, 0.6) is 0 Å². The van der Waals surface area contributed by atoms with Gasteiger partial charge in [-0.25, -0.2) is 9.48 Å². The highest BCUT2D eigenvalue weighted by molar-refractivity contribution is 5.87. The molecule has 1 aromatic rings. The van der Waals surface area contributed by atoms with Gasteiger partial charge in [-0.05, 0) is 20.8 Å². The molecule has 0 aliphatic heterocycles. The minimum absolute atomic E-state index is 0.113. The summed E-state index contributed by atoms with van der Waals surface area (Å²) >= 11 is 0. The molecule has 0 amide bonds. The lowest BCUT2D eigenvalue weighted by molar-refractivity contribution is 0.0510. The van der Waals surface area contributed by atoms with Crippen molar-refractivity contribution in [3.63, 3.8) is 0 Å². The van der Waals surface area contributed by atoms with E-state index in [1.54, 1.807) is 6.92 Å². The van der Waals surface area contributed by atoms with Gasteiger partial charge in [0, 0.05) is 6.04 Å². The van der Waals surface area contributed by atoms with Gasteiger partial charge < -0.3 is 4.74 Å². The van der Waals surface area contributed by atoms with Gasteiger partial charge in [0.25, 0.3) is 0 Å². The van der Waals surface area contributed by atoms with Crippen molar-refractivity contribution >= 4 is 5.97 Å². The lowest BCUT2D eigenvalue weighted by Crippen LogP contribution is -2.14. The van der Waals surface area contributed by atoms with E-state index < -0.39 is 0 Å². The van der Waals surface area contributed by atoms with E-state index in [1.807, 2.05) is 13.8 Å². The maximum absolute atomic E-state index is 11.3. The molecule has 0 fully saturated rings. The summed E-state index contributed by atoms with van der Waals surface area (Å²) in [6.07, 6.45) is 1.41. The van der Waals surface area contributed by atoms with Crippen molar-refractivity contribution in [2.45, 2.75) is 26.8 Å². The zero-order valence-corrected chi connectivity index (χ0v) is 8.02. The fourth-order valence-corrected chi connectivity index (χ4v) is 0.976. The van der Waals surface area contributed by atoms with Crippen molar-refractivity contribution in [3.8, 4) is 0 Å². The monoisotopic (exact) mass is 183 g/mol. The van der Waals surface area contributed by atoms with Crippen LogP contribution in [0.25, 0.3) is 0 Å². The first-order chi connectivity index (χ1) is 6.16. The zero-order valence-electron chi connectivity index (χ0n) is 8.02. The molecule has 0 radical (unpaired) electrons. The molecule has 0 N–H and O–H groups in total. The SMILES string of the molecule is CCOC(=O)c1cnnn1C(C)C. The van der Waals surface area contributed by atoms with E-state index in [-0.39, 0.29) is 12.0 Å². The molecule has 1 aromatic heterocycles. The number of carbonyl (C=O) groups is 1. The summed E-state index contributed by atoms with van der Waals surface area (Å²) in [5.74, 6) is -0.374. The molecule has 1 heterocycles. The largest absolute Gasteiger partial charge is 0.461 e. The number of ether oxygens (including phenoxy) is 1. The Morgan fingerprint density at radius 3 is 2.92 bits per heavy atom. The Morgan fingerprint density at radius 1 is 1.69 bits per heavy atom. The van der Waals surface area contributed by atoms with E-state index in [2.05, 4.69) is 10.3 Å². The van der Waals surface area contributed by atoms with Crippen molar-refractivity contribution in [1.82, 2.24) is 15.0 Å². The van der Waals surface area contributed by atoms with Gasteiger partial charge in [0.2, 0.25) is 0 Å². The van der Waals surface area contributed by atoms with Gasteiger partial charge in [-0.1, -0.05) is 5.21 Å². The Hall–Kier alpha value is -1.39. The van der Waals surface area contributed by atoms with Crippen LogP contribution in [0.4, 0.5) is 0 Å². The summed E-state index contributed by atoms with van der Waals surface area (Å²) in [6, 6.07) is 0.113. The quantitative estimate of drug-likeness (QED) is 0.657. The minimum atomic E-state index is -0.374. The number of rotatable bonds is 3. The van der Waals surface area contributed by atoms with Crippen LogP contribution in [0.15, 0.2) is 6.20 Å². The second-order valence-electron chi connectivity index (χ2n) is 2.88. The van der Waals surface area contributed by atoms with E-state index in [0.29, 0.717) is 12.3 Å². The van der Waals surface area contributed by atoms with Crippen molar-refractivity contribution in [3.05, 3.63) is 11.9 Å². The van der Waals surface area contributed by atoms with Gasteiger partial charge in [-0.2, -0.15) is 0 Å². The van der Waals surface area contributed by atoms with Crippen LogP contribution in [0.2, 0.25) is 0 Å². The van der Waals surface area contributed by atoms with Gasteiger partial charge in [-0.15, -0.1) is 5.10 Å². The summed E-state index contributed by atoms with van der Waals surface area (Å²) in [4.78, 5) is 11.3. The molecular weight excluding hydrogens is 170 g/mol. The Kier molecular flexibility index (Phi) is 3.00. The minimum Gasteiger partial charge on any atom is -0.461 e. The number of aromatic nitrogens is 3. The van der Waals surface area contributed by atoms with Crippen LogP contribution in [-0.4, -0.2) is 27.6 Å². The van der Waals surface area contributed by atoms with Crippen LogP contribution in [0.1, 0.15) is 37.3 Å². The molecule has 0 atom stereocenters. The smallest absolute Gasteiger partial charge is 0.358 e. The second-order valence-corrected chi connectivity index (χ2v) is 2.88. The molecular formula is C8H13N3O2. The van der Waals surface area contributed by atoms with Crippen molar-refractivity contribution < 1.29 is 9.53 Å². The molecule has 0 aromatic carbocycles. The molecule has 0 aliphatic rings. The lowest BCUT2D eigenvalue weighted by atomic mass is 10.3. The Bertz CT molecular complexity index is 293. The van der Waals surface area contributed by atoms with Crippen molar-refractivity contribution in [2.75, 3.05) is 6.61 Å². The van der Waals surface area contributed by atoms with E-state index in [4.69, 9.17) is 4.74 Å². The van der Waals surface area contributed by atoms with Gasteiger partial charge in [0.1, 0.15) is 0 Å². The molecule has 0 saturated carbocycles. The van der Waals surface area contributed by atoms with Crippen molar-refractivity contribution in [1.29, 1.82) is 0 Å². The van der Waals surface area contributed by atoms with E-state index in [9.17, 15) is 4.79 Å². The van der Waals surface area contributed by atoms with Crippen LogP contribution in [0, 0.1) is 0 Å². The predicted octanol–water partition coefficient (Wildman–Crippen LogP) is 1.04. The third kappa shape index (κ3) is 2.05. The summed E-state index contributed by atoms with van der Waals surface area (Å²) in [5.41, 5.74) is 0.400. The summed E-state index contributed by atoms with van der Waals surface area (Å²) in [5, 5.41) is 7.44. The molecule has 1 rings (SSSR count). The van der Waals surface area contributed by atoms with E-state index in [1.165, 1.54) is 10.9 Å². The first-order valence-electron chi connectivity index (χ1n) is 4.24. The number of hydrogen-bond donors (Lipinski definition) is 0. The third-order valence-electron chi connectivity index (χ3n) is 1.55. The average Bonchev–Trinajstić information content (AvgIpc) is 2.52. The van der Waals surface area contributed by atoms with Crippen LogP contribution >= 0.6 is 0 Å². The fraction of sp³-hybridized carbons (Fsp3) is 0.625. The maximum atomic E-state index is 11.3. The topological polar surface area (TPSA) is 57.0 Å². The molecule has 13 heavy (non-hydrogen) atoms. The van der Waals surface area contributed by atoms with E-state index in [0.717, 1.165) is 0 Å². The second kappa shape index (κ2) is 4.02. The first-order valence-corrected chi connectivity index (χ1v) is 4.24.